The van der Waals surface area contributed by atoms with E-state index in [1.807, 2.05) is 42.5 Å². The molecule has 0 aliphatic carbocycles. The molecular weight excluding hydrogens is 434 g/mol. The Hall–Kier alpha value is -4.21. The summed E-state index contributed by atoms with van der Waals surface area (Å²) < 4.78 is 5.22. The lowest BCUT2D eigenvalue weighted by atomic mass is 10.2. The van der Waals surface area contributed by atoms with E-state index in [-0.39, 0.29) is 6.03 Å². The van der Waals surface area contributed by atoms with Gasteiger partial charge < -0.3 is 19.4 Å². The van der Waals surface area contributed by atoms with Crippen LogP contribution in [-0.2, 0) is 4.79 Å². The van der Waals surface area contributed by atoms with Crippen LogP contribution in [0, 0.1) is 0 Å². The van der Waals surface area contributed by atoms with E-state index in [9.17, 15) is 9.59 Å². The van der Waals surface area contributed by atoms with Gasteiger partial charge in [-0.3, -0.25) is 9.69 Å². The minimum Gasteiger partial charge on any atom is -0.481 e. The Morgan fingerprint density at radius 2 is 1.79 bits per heavy atom. The fraction of sp³-hybridized carbons (Fsp3) is 0.292. The molecule has 0 radical (unpaired) electrons. The van der Waals surface area contributed by atoms with E-state index in [1.165, 1.54) is 4.90 Å². The Balaban J connectivity index is 1.35. The normalized spacial score (nSPS) is 17.5. The first kappa shape index (κ1) is 21.6. The zero-order valence-corrected chi connectivity index (χ0v) is 19.0. The molecule has 2 aliphatic rings. The summed E-state index contributed by atoms with van der Waals surface area (Å²) in [4.78, 5) is 46.2. The molecule has 174 valence electrons. The van der Waals surface area contributed by atoms with E-state index >= 15 is 0 Å². The zero-order chi connectivity index (χ0) is 23.7. The summed E-state index contributed by atoms with van der Waals surface area (Å²) in [5.74, 6) is 2.46. The first-order valence-electron chi connectivity index (χ1n) is 11.1. The largest absolute Gasteiger partial charge is 0.481 e. The minimum atomic E-state index is -0.777. The molecule has 0 N–H and O–H groups in total. The van der Waals surface area contributed by atoms with Crippen LogP contribution in [0.4, 0.5) is 22.1 Å². The van der Waals surface area contributed by atoms with Gasteiger partial charge in [-0.05, 0) is 6.07 Å². The molecule has 0 saturated carbocycles. The van der Waals surface area contributed by atoms with Crippen LogP contribution >= 0.6 is 0 Å². The zero-order valence-electron chi connectivity index (χ0n) is 19.0. The molecule has 2 aliphatic heterocycles. The van der Waals surface area contributed by atoms with E-state index in [0.29, 0.717) is 49.4 Å². The number of aldehydes is 1. The minimum absolute atomic E-state index is 0.239. The van der Waals surface area contributed by atoms with Gasteiger partial charge >= 0.3 is 6.03 Å². The number of aromatic nitrogens is 3. The summed E-state index contributed by atoms with van der Waals surface area (Å²) >= 11 is 0. The third kappa shape index (κ3) is 3.76. The molecule has 3 aromatic rings. The molecule has 10 heteroatoms. The molecule has 10 nitrogen and oxygen atoms in total. The number of anilines is 3. The van der Waals surface area contributed by atoms with Crippen LogP contribution < -0.4 is 19.4 Å². The second kappa shape index (κ2) is 8.97. The number of piperazine rings is 1. The number of carbonyl (C=O) groups is 2. The summed E-state index contributed by atoms with van der Waals surface area (Å²) in [5, 5.41) is 0. The maximum absolute atomic E-state index is 13.5. The van der Waals surface area contributed by atoms with Crippen molar-refractivity contribution in [2.45, 2.75) is 6.17 Å². The van der Waals surface area contributed by atoms with E-state index in [0.717, 1.165) is 17.7 Å². The van der Waals surface area contributed by atoms with Crippen LogP contribution in [0.15, 0.2) is 54.7 Å². The standard InChI is InChI=1S/C24H25N7O3/c1-28-21(16-32)31(18-15-25-22(27-23(18)28)17-7-4-3-5-8-17)24(33)30-13-11-29(12-14-30)19-9-6-10-20(26-19)34-2/h3-10,15-16,21H,11-14H2,1-2H3. The van der Waals surface area contributed by atoms with Crippen molar-refractivity contribution in [1.82, 2.24) is 19.9 Å². The lowest BCUT2D eigenvalue weighted by Crippen LogP contribution is -2.56. The van der Waals surface area contributed by atoms with Crippen LogP contribution in [0.2, 0.25) is 0 Å². The van der Waals surface area contributed by atoms with Gasteiger partial charge in [0.25, 0.3) is 0 Å². The average Bonchev–Trinajstić information content (AvgIpc) is 3.19. The quantitative estimate of drug-likeness (QED) is 0.549. The first-order chi connectivity index (χ1) is 16.6. The molecule has 2 aromatic heterocycles. The van der Waals surface area contributed by atoms with E-state index in [2.05, 4.69) is 19.9 Å². The summed E-state index contributed by atoms with van der Waals surface area (Å²) in [6.45, 7) is 2.25. The number of methoxy groups -OCH3 is 1. The van der Waals surface area contributed by atoms with Crippen molar-refractivity contribution in [3.8, 4) is 17.3 Å². The molecule has 1 saturated heterocycles. The number of amides is 2. The number of fused-ring (bicyclic) bond motifs is 1. The SMILES string of the molecule is COc1cccc(N2CCN(C(=O)N3c4cnc(-c5ccccc5)nc4N(C)C3C=O)CC2)n1. The predicted octanol–water partition coefficient (Wildman–Crippen LogP) is 2.27. The second-order valence-corrected chi connectivity index (χ2v) is 8.09. The highest BCUT2D eigenvalue weighted by Crippen LogP contribution is 2.38. The van der Waals surface area contributed by atoms with Crippen LogP contribution in [0.5, 0.6) is 5.88 Å². The number of ether oxygens (including phenoxy) is 1. The van der Waals surface area contributed by atoms with Crippen molar-refractivity contribution in [3.63, 3.8) is 0 Å². The van der Waals surface area contributed by atoms with Crippen molar-refractivity contribution in [2.24, 2.45) is 0 Å². The topological polar surface area (TPSA) is 95.0 Å². The smallest absolute Gasteiger partial charge is 0.326 e. The van der Waals surface area contributed by atoms with Gasteiger partial charge in [-0.2, -0.15) is 4.98 Å². The Labute approximate surface area is 197 Å². The molecule has 5 rings (SSSR count). The fourth-order valence-corrected chi connectivity index (χ4v) is 4.30. The number of rotatable bonds is 4. The predicted molar refractivity (Wildman–Crippen MR) is 128 cm³/mol. The van der Waals surface area contributed by atoms with E-state index in [1.54, 1.807) is 36.2 Å². The van der Waals surface area contributed by atoms with Gasteiger partial charge in [0.1, 0.15) is 11.5 Å². The molecule has 4 heterocycles. The summed E-state index contributed by atoms with van der Waals surface area (Å²) in [6, 6.07) is 15.0. The lowest BCUT2D eigenvalue weighted by Gasteiger charge is -2.38. The Morgan fingerprint density at radius 1 is 1.03 bits per heavy atom. The number of hydrogen-bond acceptors (Lipinski definition) is 8. The number of pyridine rings is 1. The highest BCUT2D eigenvalue weighted by atomic mass is 16.5. The van der Waals surface area contributed by atoms with Gasteiger partial charge in [0.15, 0.2) is 24.1 Å². The van der Waals surface area contributed by atoms with Crippen molar-refractivity contribution in [3.05, 3.63) is 54.7 Å². The molecule has 0 spiro atoms. The maximum Gasteiger partial charge on any atom is 0.326 e. The van der Waals surface area contributed by atoms with Crippen molar-refractivity contribution in [1.29, 1.82) is 0 Å². The number of nitrogens with zero attached hydrogens (tertiary/aromatic N) is 7. The Morgan fingerprint density at radius 3 is 2.50 bits per heavy atom. The Bertz CT molecular complexity index is 1200. The molecule has 0 bridgehead atoms. The molecule has 1 unspecified atom stereocenters. The lowest BCUT2D eigenvalue weighted by molar-refractivity contribution is -0.108. The van der Waals surface area contributed by atoms with E-state index in [4.69, 9.17) is 4.74 Å². The highest BCUT2D eigenvalue weighted by Gasteiger charge is 2.41. The Kier molecular flexibility index (Phi) is 5.70. The number of urea groups is 1. The fourth-order valence-electron chi connectivity index (χ4n) is 4.30. The molecule has 1 atom stereocenters. The third-order valence-electron chi connectivity index (χ3n) is 6.16. The first-order valence-corrected chi connectivity index (χ1v) is 11.1. The van der Waals surface area contributed by atoms with Gasteiger partial charge in [0.05, 0.1) is 13.3 Å². The molecule has 2 amide bonds. The molecule has 1 aromatic carbocycles. The number of hydrogen-bond donors (Lipinski definition) is 0. The third-order valence-corrected chi connectivity index (χ3v) is 6.16. The van der Waals surface area contributed by atoms with Crippen molar-refractivity contribution < 1.29 is 14.3 Å². The van der Waals surface area contributed by atoms with Gasteiger partial charge in [-0.25, -0.2) is 14.8 Å². The van der Waals surface area contributed by atoms with Gasteiger partial charge in [-0.1, -0.05) is 36.4 Å². The average molecular weight is 460 g/mol. The maximum atomic E-state index is 13.5. The van der Waals surface area contributed by atoms with Gasteiger partial charge in [0, 0.05) is 44.9 Å². The van der Waals surface area contributed by atoms with Crippen LogP contribution in [0.3, 0.4) is 0 Å². The number of benzene rings is 1. The molecule has 34 heavy (non-hydrogen) atoms. The summed E-state index contributed by atoms with van der Waals surface area (Å²) in [6.07, 6.45) is 1.61. The van der Waals surface area contributed by atoms with Crippen molar-refractivity contribution in [2.75, 3.05) is 55.0 Å². The second-order valence-electron chi connectivity index (χ2n) is 8.09. The van der Waals surface area contributed by atoms with Crippen molar-refractivity contribution >= 4 is 29.6 Å². The van der Waals surface area contributed by atoms with Crippen LogP contribution in [-0.4, -0.2) is 78.7 Å². The van der Waals surface area contributed by atoms with E-state index < -0.39 is 6.17 Å². The number of likely N-dealkylation sites (N-methyl/N-ethyl adjacent to an activating group) is 1. The van der Waals surface area contributed by atoms with Gasteiger partial charge in [-0.15, -0.1) is 0 Å². The number of carbonyl (C=O) groups excluding carboxylic acids is 2. The molecule has 1 fully saturated rings. The van der Waals surface area contributed by atoms with Crippen LogP contribution in [0.25, 0.3) is 11.4 Å². The molecular formula is C24H25N7O3. The highest BCUT2D eigenvalue weighted by molar-refractivity contribution is 6.03. The van der Waals surface area contributed by atoms with Crippen LogP contribution in [0.1, 0.15) is 0 Å². The van der Waals surface area contributed by atoms with Gasteiger partial charge in [0.2, 0.25) is 5.88 Å². The summed E-state index contributed by atoms with van der Waals surface area (Å²) in [5.41, 5.74) is 1.40. The monoisotopic (exact) mass is 459 g/mol. The summed E-state index contributed by atoms with van der Waals surface area (Å²) in [7, 11) is 3.35.